The Balaban J connectivity index is 1.32. The molecule has 0 atom stereocenters. The van der Waals surface area contributed by atoms with E-state index in [0.717, 1.165) is 15.8 Å². The van der Waals surface area contributed by atoms with Crippen LogP contribution >= 0.6 is 15.9 Å². The zero-order valence-corrected chi connectivity index (χ0v) is 17.0. The van der Waals surface area contributed by atoms with E-state index in [1.165, 1.54) is 0 Å². The van der Waals surface area contributed by atoms with Crippen molar-refractivity contribution in [1.29, 1.82) is 0 Å². The Morgan fingerprint density at radius 2 is 1.69 bits per heavy atom. The van der Waals surface area contributed by atoms with E-state index in [4.69, 9.17) is 4.74 Å². The van der Waals surface area contributed by atoms with E-state index in [1.807, 2.05) is 60.8 Å². The lowest BCUT2D eigenvalue weighted by Crippen LogP contribution is -2.15. The molecule has 0 spiro atoms. The minimum absolute atomic E-state index is 0.209. The number of benzene rings is 2. The Kier molecular flexibility index (Phi) is 5.71. The van der Waals surface area contributed by atoms with Crippen molar-refractivity contribution < 1.29 is 9.53 Å². The lowest BCUT2D eigenvalue weighted by molar-refractivity contribution is 0.101. The molecule has 2 aromatic carbocycles. The predicted octanol–water partition coefficient (Wildman–Crippen LogP) is 4.18. The minimum atomic E-state index is -0.322. The fourth-order valence-electron chi connectivity index (χ4n) is 2.69. The molecule has 0 saturated heterocycles. The molecule has 4 aromatic rings. The largest absolute Gasteiger partial charge is 0.471 e. The van der Waals surface area contributed by atoms with E-state index >= 15 is 0 Å². The van der Waals surface area contributed by atoms with Gasteiger partial charge in [-0.1, -0.05) is 46.3 Å². The lowest BCUT2D eigenvalue weighted by Gasteiger charge is -2.06. The zero-order valence-electron chi connectivity index (χ0n) is 15.4. The topological polar surface area (TPSA) is 74.0 Å². The van der Waals surface area contributed by atoms with Gasteiger partial charge in [-0.15, -0.1) is 0 Å². The maximum absolute atomic E-state index is 12.4. The number of carbonyl (C=O) groups is 1. The monoisotopic (exact) mass is 451 g/mol. The summed E-state index contributed by atoms with van der Waals surface area (Å²) in [7, 11) is 0. The molecule has 2 aromatic heterocycles. The van der Waals surface area contributed by atoms with Gasteiger partial charge in [0.1, 0.15) is 5.75 Å². The van der Waals surface area contributed by atoms with E-state index in [9.17, 15) is 4.79 Å². The van der Waals surface area contributed by atoms with Crippen LogP contribution in [0.3, 0.4) is 0 Å². The molecule has 29 heavy (non-hydrogen) atoms. The molecule has 0 saturated carbocycles. The number of amides is 1. The SMILES string of the molecule is O=C(Nc1ccn(Cc2ccccc2)n1)c1ccn(COc2ccc(Br)cc2)n1. The maximum atomic E-state index is 12.4. The molecule has 8 heteroatoms. The second kappa shape index (κ2) is 8.74. The van der Waals surface area contributed by atoms with Crippen molar-refractivity contribution in [1.82, 2.24) is 19.6 Å². The van der Waals surface area contributed by atoms with Gasteiger partial charge in [-0.3, -0.25) is 9.48 Å². The summed E-state index contributed by atoms with van der Waals surface area (Å²) in [5, 5.41) is 11.4. The molecule has 7 nitrogen and oxygen atoms in total. The van der Waals surface area contributed by atoms with E-state index in [0.29, 0.717) is 18.1 Å². The van der Waals surface area contributed by atoms with Gasteiger partial charge in [0.2, 0.25) is 0 Å². The number of nitrogens with one attached hydrogen (secondary N) is 1. The van der Waals surface area contributed by atoms with E-state index in [-0.39, 0.29) is 12.6 Å². The maximum Gasteiger partial charge on any atom is 0.277 e. The smallest absolute Gasteiger partial charge is 0.277 e. The molecule has 0 bridgehead atoms. The van der Waals surface area contributed by atoms with Crippen LogP contribution in [-0.2, 0) is 13.3 Å². The van der Waals surface area contributed by atoms with Gasteiger partial charge in [0.05, 0.1) is 6.54 Å². The summed E-state index contributed by atoms with van der Waals surface area (Å²) in [4.78, 5) is 12.4. The summed E-state index contributed by atoms with van der Waals surface area (Å²) in [6, 6.07) is 20.9. The molecule has 0 aliphatic heterocycles. The average molecular weight is 452 g/mol. The standard InChI is InChI=1S/C21H18BrN5O2/c22-17-6-8-18(9-7-17)29-15-27-12-10-19(24-27)21(28)23-20-11-13-26(25-20)14-16-4-2-1-3-5-16/h1-13H,14-15H2,(H,23,25,28). The van der Waals surface area contributed by atoms with Crippen molar-refractivity contribution in [2.75, 3.05) is 5.32 Å². The van der Waals surface area contributed by atoms with Gasteiger partial charge in [-0.2, -0.15) is 10.2 Å². The lowest BCUT2D eigenvalue weighted by atomic mass is 10.2. The van der Waals surface area contributed by atoms with Gasteiger partial charge in [0, 0.05) is 22.9 Å². The van der Waals surface area contributed by atoms with E-state index in [1.54, 1.807) is 27.7 Å². The van der Waals surface area contributed by atoms with E-state index in [2.05, 4.69) is 31.4 Å². The number of carbonyl (C=O) groups excluding carboxylic acids is 1. The molecule has 1 N–H and O–H groups in total. The molecule has 1 amide bonds. The van der Waals surface area contributed by atoms with Crippen molar-refractivity contribution in [3.05, 3.63) is 94.9 Å². The molecule has 0 unspecified atom stereocenters. The van der Waals surface area contributed by atoms with Crippen molar-refractivity contribution in [3.63, 3.8) is 0 Å². The van der Waals surface area contributed by atoms with Gasteiger partial charge in [0.25, 0.3) is 5.91 Å². The first-order valence-corrected chi connectivity index (χ1v) is 9.75. The summed E-state index contributed by atoms with van der Waals surface area (Å²) >= 11 is 3.38. The van der Waals surface area contributed by atoms with Crippen LogP contribution in [0.25, 0.3) is 0 Å². The second-order valence-corrected chi connectivity index (χ2v) is 7.22. The molecule has 146 valence electrons. The number of ether oxygens (including phenoxy) is 1. The van der Waals surface area contributed by atoms with Crippen molar-refractivity contribution >= 4 is 27.7 Å². The molecule has 0 radical (unpaired) electrons. The van der Waals surface area contributed by atoms with Crippen LogP contribution in [-0.4, -0.2) is 25.5 Å². The highest BCUT2D eigenvalue weighted by molar-refractivity contribution is 9.10. The van der Waals surface area contributed by atoms with Gasteiger partial charge in [-0.25, -0.2) is 4.68 Å². The predicted molar refractivity (Wildman–Crippen MR) is 113 cm³/mol. The Morgan fingerprint density at radius 3 is 2.48 bits per heavy atom. The molecule has 0 aliphatic carbocycles. The fourth-order valence-corrected chi connectivity index (χ4v) is 2.96. The van der Waals surface area contributed by atoms with Crippen LogP contribution in [0.5, 0.6) is 5.75 Å². The number of aromatic nitrogens is 4. The Hall–Kier alpha value is -3.39. The van der Waals surface area contributed by atoms with Crippen LogP contribution in [0.1, 0.15) is 16.1 Å². The van der Waals surface area contributed by atoms with Crippen molar-refractivity contribution in [3.8, 4) is 5.75 Å². The van der Waals surface area contributed by atoms with Crippen molar-refractivity contribution in [2.24, 2.45) is 0 Å². The summed E-state index contributed by atoms with van der Waals surface area (Å²) in [5.41, 5.74) is 1.43. The van der Waals surface area contributed by atoms with Crippen LogP contribution in [0.2, 0.25) is 0 Å². The highest BCUT2D eigenvalue weighted by Crippen LogP contribution is 2.16. The first kappa shape index (κ1) is 18.9. The second-order valence-electron chi connectivity index (χ2n) is 6.31. The van der Waals surface area contributed by atoms with Gasteiger partial charge in [-0.05, 0) is 35.9 Å². The third-order valence-electron chi connectivity index (χ3n) is 4.12. The number of rotatable bonds is 7. The van der Waals surface area contributed by atoms with Gasteiger partial charge in [0.15, 0.2) is 18.2 Å². The van der Waals surface area contributed by atoms with Crippen LogP contribution < -0.4 is 10.1 Å². The number of halogens is 1. The fraction of sp³-hybridized carbons (Fsp3) is 0.0952. The summed E-state index contributed by atoms with van der Waals surface area (Å²) in [6.07, 6.45) is 3.52. The number of hydrogen-bond donors (Lipinski definition) is 1. The highest BCUT2D eigenvalue weighted by atomic mass is 79.9. The Labute approximate surface area is 176 Å². The van der Waals surface area contributed by atoms with Crippen LogP contribution in [0.4, 0.5) is 5.82 Å². The number of hydrogen-bond acceptors (Lipinski definition) is 4. The third-order valence-corrected chi connectivity index (χ3v) is 4.65. The third kappa shape index (κ3) is 5.11. The molecule has 0 fully saturated rings. The molecular formula is C21H18BrN5O2. The molecule has 2 heterocycles. The first-order chi connectivity index (χ1) is 14.2. The Morgan fingerprint density at radius 1 is 0.931 bits per heavy atom. The van der Waals surface area contributed by atoms with Crippen LogP contribution in [0.15, 0.2) is 83.6 Å². The quantitative estimate of drug-likeness (QED) is 0.457. The van der Waals surface area contributed by atoms with E-state index < -0.39 is 0 Å². The minimum Gasteiger partial charge on any atom is -0.471 e. The molecule has 0 aliphatic rings. The Bertz CT molecular complexity index is 1090. The number of nitrogens with zero attached hydrogens (tertiary/aromatic N) is 4. The average Bonchev–Trinajstić information content (AvgIpc) is 3.38. The first-order valence-electron chi connectivity index (χ1n) is 8.96. The molecule has 4 rings (SSSR count). The highest BCUT2D eigenvalue weighted by Gasteiger charge is 2.12. The number of anilines is 1. The van der Waals surface area contributed by atoms with Crippen molar-refractivity contribution in [2.45, 2.75) is 13.3 Å². The summed E-state index contributed by atoms with van der Waals surface area (Å²) in [6.45, 7) is 0.847. The van der Waals surface area contributed by atoms with Gasteiger partial charge < -0.3 is 10.1 Å². The summed E-state index contributed by atoms with van der Waals surface area (Å²) in [5.74, 6) is 0.877. The summed E-state index contributed by atoms with van der Waals surface area (Å²) < 4.78 is 9.97. The van der Waals surface area contributed by atoms with Gasteiger partial charge >= 0.3 is 0 Å². The molecular weight excluding hydrogens is 434 g/mol. The zero-order chi connectivity index (χ0) is 20.1. The van der Waals surface area contributed by atoms with Crippen LogP contribution in [0, 0.1) is 0 Å². The normalized spacial score (nSPS) is 10.7.